The molecule has 0 unspecified atom stereocenters. The lowest BCUT2D eigenvalue weighted by Crippen LogP contribution is -2.18. The molecule has 5 rings (SSSR count). The Balaban J connectivity index is 1.43. The van der Waals surface area contributed by atoms with Gasteiger partial charge in [-0.25, -0.2) is 10.4 Å². The molecule has 0 atom stereocenters. The van der Waals surface area contributed by atoms with Crippen molar-refractivity contribution in [1.82, 2.24) is 10.4 Å². The molecule has 1 aromatic heterocycles. The van der Waals surface area contributed by atoms with Gasteiger partial charge in [0.2, 0.25) is 0 Å². The van der Waals surface area contributed by atoms with Crippen molar-refractivity contribution in [2.24, 2.45) is 5.10 Å². The molecule has 0 spiro atoms. The molecule has 7 heteroatoms. The van der Waals surface area contributed by atoms with Crippen LogP contribution in [0.1, 0.15) is 15.9 Å². The molecular formula is C30H21F2N3O2. The Morgan fingerprint density at radius 3 is 2.24 bits per heavy atom. The Bertz CT molecular complexity index is 1570. The van der Waals surface area contributed by atoms with E-state index in [1.54, 1.807) is 24.3 Å². The molecule has 37 heavy (non-hydrogen) atoms. The van der Waals surface area contributed by atoms with E-state index in [1.165, 1.54) is 12.3 Å². The van der Waals surface area contributed by atoms with Gasteiger partial charge in [-0.1, -0.05) is 84.9 Å². The van der Waals surface area contributed by atoms with Gasteiger partial charge < -0.3 is 4.74 Å². The van der Waals surface area contributed by atoms with Crippen LogP contribution in [0.4, 0.5) is 8.78 Å². The summed E-state index contributed by atoms with van der Waals surface area (Å²) in [5.74, 6) is -0.490. The Morgan fingerprint density at radius 2 is 1.46 bits per heavy atom. The molecule has 0 saturated heterocycles. The van der Waals surface area contributed by atoms with Crippen molar-refractivity contribution in [1.29, 1.82) is 0 Å². The summed E-state index contributed by atoms with van der Waals surface area (Å²) in [6.07, 6.45) is 1.27. The van der Waals surface area contributed by atoms with Crippen LogP contribution in [0.2, 0.25) is 0 Å². The summed E-state index contributed by atoms with van der Waals surface area (Å²) < 4.78 is 29.8. The van der Waals surface area contributed by atoms with Gasteiger partial charge in [-0.15, -0.1) is 0 Å². The number of nitrogens with zero attached hydrogens (tertiary/aromatic N) is 2. The molecule has 1 N–H and O–H groups in total. The number of rotatable bonds is 7. The van der Waals surface area contributed by atoms with Crippen molar-refractivity contribution in [2.45, 2.75) is 6.61 Å². The number of aromatic nitrogens is 1. The van der Waals surface area contributed by atoms with E-state index in [2.05, 4.69) is 15.3 Å². The third kappa shape index (κ3) is 5.51. The second-order valence-electron chi connectivity index (χ2n) is 8.13. The Morgan fingerprint density at radius 1 is 0.811 bits per heavy atom. The third-order valence-electron chi connectivity index (χ3n) is 5.75. The van der Waals surface area contributed by atoms with Gasteiger partial charge in [-0.05, 0) is 35.4 Å². The standard InChI is InChI=1S/C30H21F2N3O2/c31-30(32)37-28-13-7-4-10-23(28)19-33-35-29(36)25-18-27(34-26-12-6-5-11-24(25)26)22-16-14-21(15-17-22)20-8-2-1-3-9-20/h1-19,30H,(H,35,36). The van der Waals surface area contributed by atoms with E-state index < -0.39 is 12.5 Å². The van der Waals surface area contributed by atoms with Crippen LogP contribution < -0.4 is 10.2 Å². The molecule has 0 aliphatic carbocycles. The summed E-state index contributed by atoms with van der Waals surface area (Å²) in [5, 5.41) is 4.64. The Labute approximate surface area is 212 Å². The van der Waals surface area contributed by atoms with E-state index in [9.17, 15) is 13.6 Å². The maximum absolute atomic E-state index is 13.1. The maximum atomic E-state index is 13.1. The number of halogens is 2. The number of carbonyl (C=O) groups excluding carboxylic acids is 1. The van der Waals surface area contributed by atoms with E-state index >= 15 is 0 Å². The number of alkyl halides is 2. The molecule has 0 radical (unpaired) electrons. The molecule has 0 aliphatic rings. The number of para-hydroxylation sites is 2. The number of pyridine rings is 1. The number of nitrogens with one attached hydrogen (secondary N) is 1. The van der Waals surface area contributed by atoms with E-state index in [0.717, 1.165) is 16.7 Å². The van der Waals surface area contributed by atoms with Gasteiger partial charge in [0.1, 0.15) is 5.75 Å². The highest BCUT2D eigenvalue weighted by Crippen LogP contribution is 2.27. The van der Waals surface area contributed by atoms with Crippen molar-refractivity contribution in [3.63, 3.8) is 0 Å². The molecule has 0 aliphatic heterocycles. The summed E-state index contributed by atoms with van der Waals surface area (Å²) in [7, 11) is 0. The van der Waals surface area contributed by atoms with E-state index in [1.807, 2.05) is 78.9 Å². The van der Waals surface area contributed by atoms with Gasteiger partial charge in [-0.2, -0.15) is 13.9 Å². The molecule has 0 bridgehead atoms. The van der Waals surface area contributed by atoms with Crippen LogP contribution in [-0.2, 0) is 0 Å². The highest BCUT2D eigenvalue weighted by atomic mass is 19.3. The van der Waals surface area contributed by atoms with Crippen LogP contribution in [0.15, 0.2) is 114 Å². The molecule has 182 valence electrons. The predicted octanol–water partition coefficient (Wildman–Crippen LogP) is 6.93. The van der Waals surface area contributed by atoms with Gasteiger partial charge in [-0.3, -0.25) is 4.79 Å². The lowest BCUT2D eigenvalue weighted by atomic mass is 10.0. The van der Waals surface area contributed by atoms with Gasteiger partial charge >= 0.3 is 6.61 Å². The monoisotopic (exact) mass is 493 g/mol. The SMILES string of the molecule is O=C(NN=Cc1ccccc1OC(F)F)c1cc(-c2ccc(-c3ccccc3)cc2)nc2ccccc12. The number of fused-ring (bicyclic) bond motifs is 1. The first-order chi connectivity index (χ1) is 18.1. The first-order valence-electron chi connectivity index (χ1n) is 11.5. The van der Waals surface area contributed by atoms with E-state index in [-0.39, 0.29) is 5.75 Å². The highest BCUT2D eigenvalue weighted by Gasteiger charge is 2.14. The molecule has 1 heterocycles. The van der Waals surface area contributed by atoms with Crippen molar-refractivity contribution in [2.75, 3.05) is 0 Å². The van der Waals surface area contributed by atoms with Gasteiger partial charge in [0, 0.05) is 16.5 Å². The van der Waals surface area contributed by atoms with Crippen LogP contribution in [0.3, 0.4) is 0 Å². The Kier molecular flexibility index (Phi) is 6.94. The second kappa shape index (κ2) is 10.8. The fraction of sp³-hybridized carbons (Fsp3) is 0.0333. The number of carbonyl (C=O) groups is 1. The van der Waals surface area contributed by atoms with Gasteiger partial charge in [0.15, 0.2) is 0 Å². The zero-order valence-electron chi connectivity index (χ0n) is 19.5. The molecule has 5 aromatic rings. The fourth-order valence-corrected chi connectivity index (χ4v) is 3.99. The quantitative estimate of drug-likeness (QED) is 0.197. The van der Waals surface area contributed by atoms with Crippen LogP contribution in [-0.4, -0.2) is 23.7 Å². The summed E-state index contributed by atoms with van der Waals surface area (Å²) in [6.45, 7) is -2.97. The lowest BCUT2D eigenvalue weighted by molar-refractivity contribution is -0.0499. The molecule has 1 amide bonds. The number of benzene rings is 4. The fourth-order valence-electron chi connectivity index (χ4n) is 3.99. The average molecular weight is 494 g/mol. The second-order valence-corrected chi connectivity index (χ2v) is 8.13. The van der Waals surface area contributed by atoms with E-state index in [4.69, 9.17) is 4.98 Å². The van der Waals surface area contributed by atoms with Crippen molar-refractivity contribution in [3.05, 3.63) is 120 Å². The molecule has 5 nitrogen and oxygen atoms in total. The minimum Gasteiger partial charge on any atom is -0.434 e. The molecule has 0 saturated carbocycles. The largest absolute Gasteiger partial charge is 0.434 e. The maximum Gasteiger partial charge on any atom is 0.387 e. The predicted molar refractivity (Wildman–Crippen MR) is 141 cm³/mol. The molecule has 4 aromatic carbocycles. The number of hydrazone groups is 1. The van der Waals surface area contributed by atoms with Crippen molar-refractivity contribution in [3.8, 4) is 28.1 Å². The van der Waals surface area contributed by atoms with Crippen LogP contribution in [0.5, 0.6) is 5.75 Å². The molecular weight excluding hydrogens is 472 g/mol. The lowest BCUT2D eigenvalue weighted by Gasteiger charge is -2.10. The number of hydrogen-bond acceptors (Lipinski definition) is 4. The minimum atomic E-state index is -2.97. The number of hydrogen-bond donors (Lipinski definition) is 1. The van der Waals surface area contributed by atoms with Crippen molar-refractivity contribution >= 4 is 23.0 Å². The zero-order chi connectivity index (χ0) is 25.6. The van der Waals surface area contributed by atoms with E-state index in [0.29, 0.717) is 27.7 Å². The summed E-state index contributed by atoms with van der Waals surface area (Å²) in [4.78, 5) is 17.9. The van der Waals surface area contributed by atoms with Crippen LogP contribution in [0.25, 0.3) is 33.3 Å². The number of amides is 1. The van der Waals surface area contributed by atoms with Crippen molar-refractivity contribution < 1.29 is 18.3 Å². The van der Waals surface area contributed by atoms with Gasteiger partial charge in [0.25, 0.3) is 5.91 Å². The molecule has 0 fully saturated rings. The summed E-state index contributed by atoms with van der Waals surface area (Å²) in [6, 6.07) is 33.3. The average Bonchev–Trinajstić information content (AvgIpc) is 2.93. The van der Waals surface area contributed by atoms with Gasteiger partial charge in [0.05, 0.1) is 23.0 Å². The smallest absolute Gasteiger partial charge is 0.387 e. The third-order valence-corrected chi connectivity index (χ3v) is 5.75. The highest BCUT2D eigenvalue weighted by molar-refractivity contribution is 6.07. The Hall–Kier alpha value is -4.91. The van der Waals surface area contributed by atoms with Crippen LogP contribution in [0, 0.1) is 0 Å². The number of ether oxygens (including phenoxy) is 1. The normalized spacial score (nSPS) is 11.2. The summed E-state index contributed by atoms with van der Waals surface area (Å²) >= 11 is 0. The zero-order valence-corrected chi connectivity index (χ0v) is 19.5. The first-order valence-corrected chi connectivity index (χ1v) is 11.5. The topological polar surface area (TPSA) is 63.6 Å². The minimum absolute atomic E-state index is 0.0360. The van der Waals surface area contributed by atoms with Crippen LogP contribution >= 0.6 is 0 Å². The first kappa shape index (κ1) is 23.8. The summed E-state index contributed by atoms with van der Waals surface area (Å²) in [5.41, 5.74) is 7.54.